The molecule has 0 saturated heterocycles. The SMILES string of the molecule is CC(C)Cn1c(SCC(=O)O)nc2cc(Cl)c(Cl)cc21. The molecule has 1 N–H and O–H groups in total. The number of carbonyl (C=O) groups is 1. The molecule has 7 heteroatoms. The number of benzene rings is 1. The minimum Gasteiger partial charge on any atom is -0.481 e. The number of carboxylic acids is 1. The van der Waals surface area contributed by atoms with E-state index in [2.05, 4.69) is 18.8 Å². The number of hydrogen-bond acceptors (Lipinski definition) is 3. The smallest absolute Gasteiger partial charge is 0.313 e. The second-order valence-electron chi connectivity index (χ2n) is 4.84. The molecule has 0 atom stereocenters. The normalized spacial score (nSPS) is 11.4. The lowest BCUT2D eigenvalue weighted by atomic mass is 10.2. The Bertz CT molecular complexity index is 655. The molecule has 2 rings (SSSR count). The molecule has 0 aliphatic carbocycles. The highest BCUT2D eigenvalue weighted by Crippen LogP contribution is 2.31. The van der Waals surface area contributed by atoms with Crippen molar-refractivity contribution in [1.82, 2.24) is 9.55 Å². The minimum atomic E-state index is -0.866. The molecule has 108 valence electrons. The van der Waals surface area contributed by atoms with E-state index in [1.807, 2.05) is 4.57 Å². The topological polar surface area (TPSA) is 55.1 Å². The largest absolute Gasteiger partial charge is 0.481 e. The molecule has 1 heterocycles. The summed E-state index contributed by atoms with van der Waals surface area (Å²) in [5.41, 5.74) is 1.61. The van der Waals surface area contributed by atoms with E-state index in [0.29, 0.717) is 21.1 Å². The van der Waals surface area contributed by atoms with Gasteiger partial charge in [-0.05, 0) is 18.1 Å². The number of rotatable bonds is 5. The van der Waals surface area contributed by atoms with Crippen LogP contribution in [0.3, 0.4) is 0 Å². The molecular formula is C13H14Cl2N2O2S. The summed E-state index contributed by atoms with van der Waals surface area (Å²) in [6, 6.07) is 3.49. The summed E-state index contributed by atoms with van der Waals surface area (Å²) >= 11 is 13.3. The van der Waals surface area contributed by atoms with Gasteiger partial charge in [0.25, 0.3) is 0 Å². The fourth-order valence-corrected chi connectivity index (χ4v) is 2.94. The zero-order chi connectivity index (χ0) is 14.9. The second-order valence-corrected chi connectivity index (χ2v) is 6.59. The summed E-state index contributed by atoms with van der Waals surface area (Å²) < 4.78 is 2.00. The van der Waals surface area contributed by atoms with Crippen molar-refractivity contribution in [2.24, 2.45) is 5.92 Å². The number of aromatic nitrogens is 2. The molecule has 0 spiro atoms. The number of carboxylic acid groups (broad SMARTS) is 1. The minimum absolute atomic E-state index is 0.0249. The number of nitrogens with zero attached hydrogens (tertiary/aromatic N) is 2. The van der Waals surface area contributed by atoms with Crippen LogP contribution in [0.4, 0.5) is 0 Å². The summed E-state index contributed by atoms with van der Waals surface area (Å²) in [6.07, 6.45) is 0. The van der Waals surface area contributed by atoms with Crippen LogP contribution in [-0.2, 0) is 11.3 Å². The molecular weight excluding hydrogens is 319 g/mol. The van der Waals surface area contributed by atoms with Crippen LogP contribution in [0.5, 0.6) is 0 Å². The number of imidazole rings is 1. The molecule has 4 nitrogen and oxygen atoms in total. The standard InChI is InChI=1S/C13H14Cl2N2O2S/c1-7(2)5-17-11-4-9(15)8(14)3-10(11)16-13(17)20-6-12(18)19/h3-4,7H,5-6H2,1-2H3,(H,18,19). The fourth-order valence-electron chi connectivity index (χ4n) is 1.88. The third-order valence-electron chi connectivity index (χ3n) is 2.63. The van der Waals surface area contributed by atoms with E-state index in [0.717, 1.165) is 17.6 Å². The maximum Gasteiger partial charge on any atom is 0.313 e. The summed E-state index contributed by atoms with van der Waals surface area (Å²) in [6.45, 7) is 4.93. The van der Waals surface area contributed by atoms with Crippen molar-refractivity contribution >= 4 is 52.0 Å². The van der Waals surface area contributed by atoms with Crippen LogP contribution >= 0.6 is 35.0 Å². The first-order valence-corrected chi connectivity index (χ1v) is 7.82. The molecule has 0 unspecified atom stereocenters. The predicted octanol–water partition coefficient (Wildman–Crippen LogP) is 4.18. The maximum atomic E-state index is 10.7. The van der Waals surface area contributed by atoms with Gasteiger partial charge < -0.3 is 9.67 Å². The van der Waals surface area contributed by atoms with Gasteiger partial charge in [0.15, 0.2) is 5.16 Å². The van der Waals surface area contributed by atoms with Gasteiger partial charge in [-0.2, -0.15) is 0 Å². The van der Waals surface area contributed by atoms with Crippen molar-refractivity contribution < 1.29 is 9.90 Å². The van der Waals surface area contributed by atoms with E-state index in [1.54, 1.807) is 12.1 Å². The Kier molecular flexibility index (Phi) is 4.83. The van der Waals surface area contributed by atoms with E-state index in [1.165, 1.54) is 11.8 Å². The van der Waals surface area contributed by atoms with Crippen molar-refractivity contribution in [2.75, 3.05) is 5.75 Å². The predicted molar refractivity (Wildman–Crippen MR) is 83.0 cm³/mol. The van der Waals surface area contributed by atoms with Crippen molar-refractivity contribution in [2.45, 2.75) is 25.5 Å². The Morgan fingerprint density at radius 3 is 2.65 bits per heavy atom. The van der Waals surface area contributed by atoms with Crippen LogP contribution in [0.1, 0.15) is 13.8 Å². The molecule has 0 radical (unpaired) electrons. The molecule has 0 fully saturated rings. The Balaban J connectivity index is 2.51. The zero-order valence-corrected chi connectivity index (χ0v) is 13.4. The van der Waals surface area contributed by atoms with Gasteiger partial charge in [-0.3, -0.25) is 4.79 Å². The van der Waals surface area contributed by atoms with Gasteiger partial charge in [0.05, 0.1) is 26.8 Å². The van der Waals surface area contributed by atoms with Crippen LogP contribution in [0.25, 0.3) is 11.0 Å². The highest BCUT2D eigenvalue weighted by molar-refractivity contribution is 7.99. The van der Waals surface area contributed by atoms with E-state index in [4.69, 9.17) is 28.3 Å². The van der Waals surface area contributed by atoms with Crippen LogP contribution in [-0.4, -0.2) is 26.4 Å². The lowest BCUT2D eigenvalue weighted by Crippen LogP contribution is -2.07. The Morgan fingerprint density at radius 2 is 2.05 bits per heavy atom. The van der Waals surface area contributed by atoms with Gasteiger partial charge in [0.2, 0.25) is 0 Å². The number of fused-ring (bicyclic) bond motifs is 1. The average molecular weight is 333 g/mol. The molecule has 0 aliphatic heterocycles. The summed E-state index contributed by atoms with van der Waals surface area (Å²) in [5, 5.41) is 10.4. The Hall–Kier alpha value is -0.910. The van der Waals surface area contributed by atoms with Gasteiger partial charge in [-0.15, -0.1) is 0 Å². The Morgan fingerprint density at radius 1 is 1.40 bits per heavy atom. The van der Waals surface area contributed by atoms with Crippen LogP contribution < -0.4 is 0 Å². The fraction of sp³-hybridized carbons (Fsp3) is 0.385. The van der Waals surface area contributed by atoms with E-state index in [-0.39, 0.29) is 5.75 Å². The third kappa shape index (κ3) is 3.40. The van der Waals surface area contributed by atoms with Crippen molar-refractivity contribution in [3.8, 4) is 0 Å². The molecule has 20 heavy (non-hydrogen) atoms. The number of hydrogen-bond donors (Lipinski definition) is 1. The van der Waals surface area contributed by atoms with Crippen LogP contribution in [0.15, 0.2) is 17.3 Å². The van der Waals surface area contributed by atoms with E-state index >= 15 is 0 Å². The highest BCUT2D eigenvalue weighted by atomic mass is 35.5. The summed E-state index contributed by atoms with van der Waals surface area (Å²) in [5.74, 6) is -0.483. The monoisotopic (exact) mass is 332 g/mol. The Labute approximate surface area is 131 Å². The van der Waals surface area contributed by atoms with Crippen molar-refractivity contribution in [3.63, 3.8) is 0 Å². The highest BCUT2D eigenvalue weighted by Gasteiger charge is 2.15. The van der Waals surface area contributed by atoms with Gasteiger partial charge in [-0.1, -0.05) is 48.8 Å². The molecule has 2 aromatic rings. The van der Waals surface area contributed by atoms with Crippen LogP contribution in [0, 0.1) is 5.92 Å². The lowest BCUT2D eigenvalue weighted by Gasteiger charge is -2.11. The number of thioether (sulfide) groups is 1. The van der Waals surface area contributed by atoms with Gasteiger partial charge in [0, 0.05) is 6.54 Å². The van der Waals surface area contributed by atoms with Gasteiger partial charge >= 0.3 is 5.97 Å². The molecule has 1 aromatic carbocycles. The van der Waals surface area contributed by atoms with Crippen molar-refractivity contribution in [3.05, 3.63) is 22.2 Å². The van der Waals surface area contributed by atoms with Gasteiger partial charge in [-0.25, -0.2) is 4.98 Å². The second kappa shape index (κ2) is 6.24. The summed E-state index contributed by atoms with van der Waals surface area (Å²) in [4.78, 5) is 15.2. The first-order valence-electron chi connectivity index (χ1n) is 6.08. The van der Waals surface area contributed by atoms with Gasteiger partial charge in [0.1, 0.15) is 0 Å². The quantitative estimate of drug-likeness (QED) is 0.834. The number of aliphatic carboxylic acids is 1. The molecule has 0 aliphatic rings. The average Bonchev–Trinajstić information content (AvgIpc) is 2.65. The maximum absolute atomic E-state index is 10.7. The molecule has 1 aromatic heterocycles. The van der Waals surface area contributed by atoms with E-state index < -0.39 is 5.97 Å². The van der Waals surface area contributed by atoms with Crippen LogP contribution in [0.2, 0.25) is 10.0 Å². The zero-order valence-electron chi connectivity index (χ0n) is 11.1. The lowest BCUT2D eigenvalue weighted by molar-refractivity contribution is -0.133. The first-order chi connectivity index (χ1) is 9.38. The first kappa shape index (κ1) is 15.5. The van der Waals surface area contributed by atoms with Crippen molar-refractivity contribution in [1.29, 1.82) is 0 Å². The summed E-state index contributed by atoms with van der Waals surface area (Å²) in [7, 11) is 0. The third-order valence-corrected chi connectivity index (χ3v) is 4.31. The molecule has 0 saturated carbocycles. The van der Waals surface area contributed by atoms with E-state index in [9.17, 15) is 4.79 Å². The number of halogens is 2. The molecule has 0 bridgehead atoms. The molecule has 0 amide bonds.